The van der Waals surface area contributed by atoms with Gasteiger partial charge in [0.05, 0.1) is 5.92 Å². The molecule has 24 heavy (non-hydrogen) atoms. The van der Waals surface area contributed by atoms with E-state index in [1.165, 1.54) is 6.92 Å². The van der Waals surface area contributed by atoms with Crippen molar-refractivity contribution in [3.8, 4) is 0 Å². The van der Waals surface area contributed by atoms with Gasteiger partial charge >= 0.3 is 18.0 Å². The molecule has 0 aromatic heterocycles. The first-order valence-corrected chi connectivity index (χ1v) is 8.56. The summed E-state index contributed by atoms with van der Waals surface area (Å²) < 4.78 is 9.67. The van der Waals surface area contributed by atoms with E-state index in [2.05, 4.69) is 19.2 Å². The predicted molar refractivity (Wildman–Crippen MR) is 89.3 cm³/mol. The predicted octanol–water partition coefficient (Wildman–Crippen LogP) is 3.18. The molecular formula is C17H31NO6. The fourth-order valence-electron chi connectivity index (χ4n) is 2.46. The van der Waals surface area contributed by atoms with Crippen molar-refractivity contribution in [2.24, 2.45) is 17.8 Å². The standard InChI is InChI=1S/C17H31NO6/c1-6-13(8-11(3)4)9-14(16(20)21)10-18-17(22)24-12(5)23-15(19)7-2/h11-14H,6-10H2,1-5H3,(H,18,22)(H,20,21)/t12-,13+,14-/m0/s1. The first-order chi connectivity index (χ1) is 11.2. The van der Waals surface area contributed by atoms with Crippen molar-refractivity contribution in [3.63, 3.8) is 0 Å². The maximum atomic E-state index is 11.7. The first-order valence-electron chi connectivity index (χ1n) is 8.56. The molecule has 0 saturated carbocycles. The summed E-state index contributed by atoms with van der Waals surface area (Å²) in [5, 5.41) is 11.8. The number of carbonyl (C=O) groups excluding carboxylic acids is 2. The van der Waals surface area contributed by atoms with Crippen LogP contribution in [0.4, 0.5) is 4.79 Å². The number of carbonyl (C=O) groups is 3. The van der Waals surface area contributed by atoms with Crippen LogP contribution in [0.15, 0.2) is 0 Å². The number of nitrogens with one attached hydrogen (secondary N) is 1. The number of amides is 1. The molecule has 0 fully saturated rings. The summed E-state index contributed by atoms with van der Waals surface area (Å²) in [5.41, 5.74) is 0. The molecule has 7 nitrogen and oxygen atoms in total. The molecule has 0 aliphatic rings. The van der Waals surface area contributed by atoms with Crippen LogP contribution >= 0.6 is 0 Å². The van der Waals surface area contributed by atoms with E-state index in [1.807, 2.05) is 6.92 Å². The molecule has 0 saturated heterocycles. The van der Waals surface area contributed by atoms with Gasteiger partial charge in [0.25, 0.3) is 0 Å². The van der Waals surface area contributed by atoms with Gasteiger partial charge in [-0.05, 0) is 24.7 Å². The average Bonchev–Trinajstić information content (AvgIpc) is 2.48. The minimum absolute atomic E-state index is 0.0167. The van der Waals surface area contributed by atoms with E-state index in [4.69, 9.17) is 9.47 Å². The molecule has 3 atom stereocenters. The number of carboxylic acids is 1. The molecule has 0 spiro atoms. The maximum Gasteiger partial charge on any atom is 0.410 e. The Balaban J connectivity index is 4.40. The van der Waals surface area contributed by atoms with Crippen LogP contribution in [0.3, 0.4) is 0 Å². The number of esters is 1. The Labute approximate surface area is 144 Å². The molecule has 0 aromatic rings. The molecule has 0 aromatic carbocycles. The number of ether oxygens (including phenoxy) is 2. The summed E-state index contributed by atoms with van der Waals surface area (Å²) >= 11 is 0. The highest BCUT2D eigenvalue weighted by Crippen LogP contribution is 2.23. The van der Waals surface area contributed by atoms with Crippen LogP contribution in [-0.4, -0.2) is 36.0 Å². The number of hydrogen-bond acceptors (Lipinski definition) is 5. The summed E-state index contributed by atoms with van der Waals surface area (Å²) in [6, 6.07) is 0. The van der Waals surface area contributed by atoms with Crippen molar-refractivity contribution in [1.29, 1.82) is 0 Å². The zero-order valence-electron chi connectivity index (χ0n) is 15.3. The normalized spacial score (nSPS) is 14.6. The van der Waals surface area contributed by atoms with E-state index in [0.717, 1.165) is 12.8 Å². The topological polar surface area (TPSA) is 102 Å². The second-order valence-electron chi connectivity index (χ2n) is 6.37. The van der Waals surface area contributed by atoms with Gasteiger partial charge in [0, 0.05) is 19.9 Å². The van der Waals surface area contributed by atoms with Crippen molar-refractivity contribution in [3.05, 3.63) is 0 Å². The Morgan fingerprint density at radius 3 is 2.12 bits per heavy atom. The molecule has 0 aliphatic carbocycles. The third-order valence-electron chi connectivity index (χ3n) is 3.70. The minimum atomic E-state index is -1.01. The van der Waals surface area contributed by atoms with E-state index in [9.17, 15) is 19.5 Å². The third kappa shape index (κ3) is 10.1. The monoisotopic (exact) mass is 345 g/mol. The van der Waals surface area contributed by atoms with Gasteiger partial charge in [-0.1, -0.05) is 34.1 Å². The van der Waals surface area contributed by atoms with Crippen molar-refractivity contribution < 1.29 is 29.0 Å². The highest BCUT2D eigenvalue weighted by Gasteiger charge is 2.24. The second-order valence-corrected chi connectivity index (χ2v) is 6.37. The Hall–Kier alpha value is -1.79. The van der Waals surface area contributed by atoms with Gasteiger partial charge in [-0.25, -0.2) is 4.79 Å². The average molecular weight is 345 g/mol. The van der Waals surface area contributed by atoms with Gasteiger partial charge in [-0.15, -0.1) is 0 Å². The molecule has 0 radical (unpaired) electrons. The second kappa shape index (κ2) is 11.7. The Morgan fingerprint density at radius 2 is 1.67 bits per heavy atom. The molecule has 7 heteroatoms. The highest BCUT2D eigenvalue weighted by atomic mass is 16.7. The fourth-order valence-corrected chi connectivity index (χ4v) is 2.46. The Bertz CT molecular complexity index is 410. The first kappa shape index (κ1) is 22.2. The van der Waals surface area contributed by atoms with Crippen molar-refractivity contribution in [2.45, 2.75) is 66.6 Å². The number of carboxylic acid groups (broad SMARTS) is 1. The van der Waals surface area contributed by atoms with Crippen LogP contribution in [0.5, 0.6) is 0 Å². The largest absolute Gasteiger partial charge is 0.481 e. The van der Waals surface area contributed by atoms with Gasteiger partial charge in [0.1, 0.15) is 0 Å². The molecule has 0 unspecified atom stereocenters. The van der Waals surface area contributed by atoms with Gasteiger partial charge in [-0.3, -0.25) is 9.59 Å². The van der Waals surface area contributed by atoms with Gasteiger partial charge in [-0.2, -0.15) is 0 Å². The highest BCUT2D eigenvalue weighted by molar-refractivity contribution is 5.73. The number of aliphatic carboxylic acids is 1. The number of hydrogen-bond donors (Lipinski definition) is 2. The van der Waals surface area contributed by atoms with E-state index >= 15 is 0 Å². The zero-order chi connectivity index (χ0) is 18.7. The van der Waals surface area contributed by atoms with Crippen molar-refractivity contribution in [2.75, 3.05) is 6.54 Å². The van der Waals surface area contributed by atoms with Gasteiger partial charge < -0.3 is 19.9 Å². The number of rotatable bonds is 11. The molecule has 1 amide bonds. The van der Waals surface area contributed by atoms with E-state index in [1.54, 1.807) is 6.92 Å². The molecule has 2 N–H and O–H groups in total. The molecule has 0 aliphatic heterocycles. The van der Waals surface area contributed by atoms with E-state index in [0.29, 0.717) is 18.3 Å². The summed E-state index contributed by atoms with van der Waals surface area (Å²) in [6.07, 6.45) is 0.736. The van der Waals surface area contributed by atoms with Gasteiger partial charge in [0.2, 0.25) is 6.29 Å². The lowest BCUT2D eigenvalue weighted by atomic mass is 9.86. The van der Waals surface area contributed by atoms with Crippen LogP contribution in [0.2, 0.25) is 0 Å². The van der Waals surface area contributed by atoms with E-state index < -0.39 is 30.2 Å². The summed E-state index contributed by atoms with van der Waals surface area (Å²) in [6.45, 7) is 9.29. The third-order valence-corrected chi connectivity index (χ3v) is 3.70. The summed E-state index contributed by atoms with van der Waals surface area (Å²) in [4.78, 5) is 34.2. The molecule has 0 heterocycles. The molecule has 0 rings (SSSR count). The fraction of sp³-hybridized carbons (Fsp3) is 0.824. The lowest BCUT2D eigenvalue weighted by molar-refractivity contribution is -0.164. The number of alkyl carbamates (subject to hydrolysis) is 1. The van der Waals surface area contributed by atoms with Crippen molar-refractivity contribution in [1.82, 2.24) is 5.32 Å². The summed E-state index contributed by atoms with van der Waals surface area (Å²) in [5.74, 6) is -1.29. The van der Waals surface area contributed by atoms with Crippen LogP contribution in [-0.2, 0) is 19.1 Å². The molecule has 140 valence electrons. The molecular weight excluding hydrogens is 314 g/mol. The van der Waals surface area contributed by atoms with Gasteiger partial charge in [0.15, 0.2) is 0 Å². The van der Waals surface area contributed by atoms with E-state index in [-0.39, 0.29) is 13.0 Å². The van der Waals surface area contributed by atoms with Crippen molar-refractivity contribution >= 4 is 18.0 Å². The maximum absolute atomic E-state index is 11.7. The lowest BCUT2D eigenvalue weighted by Crippen LogP contribution is -2.36. The molecule has 0 bridgehead atoms. The SMILES string of the molecule is CCC(=O)O[C@H](C)OC(=O)NC[C@H](C[C@H](CC)CC(C)C)C(=O)O. The van der Waals surface area contributed by atoms with Crippen LogP contribution in [0.25, 0.3) is 0 Å². The van der Waals surface area contributed by atoms with Crippen LogP contribution in [0.1, 0.15) is 60.3 Å². The Kier molecular flexibility index (Phi) is 10.8. The lowest BCUT2D eigenvalue weighted by Gasteiger charge is -2.22. The quantitative estimate of drug-likeness (QED) is 0.440. The zero-order valence-corrected chi connectivity index (χ0v) is 15.3. The van der Waals surface area contributed by atoms with Crippen LogP contribution in [0, 0.1) is 17.8 Å². The van der Waals surface area contributed by atoms with Crippen LogP contribution < -0.4 is 5.32 Å². The Morgan fingerprint density at radius 1 is 1.04 bits per heavy atom. The minimum Gasteiger partial charge on any atom is -0.481 e. The smallest absolute Gasteiger partial charge is 0.410 e. The summed E-state index contributed by atoms with van der Waals surface area (Å²) in [7, 11) is 0.